The van der Waals surface area contributed by atoms with Crippen molar-refractivity contribution in [2.45, 2.75) is 32.7 Å². The summed E-state index contributed by atoms with van der Waals surface area (Å²) in [7, 11) is 0. The summed E-state index contributed by atoms with van der Waals surface area (Å²) in [6.45, 7) is 2.92. The zero-order chi connectivity index (χ0) is 8.10. The Morgan fingerprint density at radius 1 is 1.64 bits per heavy atom. The van der Waals surface area contributed by atoms with Crippen LogP contribution in [0.2, 0.25) is 0 Å². The number of nitrogens with zero attached hydrogens (tertiary/aromatic N) is 2. The smallest absolute Gasteiger partial charge is 0.255 e. The molecule has 0 saturated carbocycles. The fourth-order valence-electron chi connectivity index (χ4n) is 0.894. The van der Waals surface area contributed by atoms with Gasteiger partial charge in [-0.05, 0) is 6.42 Å². The van der Waals surface area contributed by atoms with E-state index in [1.165, 1.54) is 17.5 Å². The lowest BCUT2D eigenvalue weighted by Crippen LogP contribution is -2.14. The van der Waals surface area contributed by atoms with Crippen molar-refractivity contribution in [2.75, 3.05) is 0 Å². The molecule has 0 aromatic carbocycles. The fourth-order valence-corrected chi connectivity index (χ4v) is 1.41. The highest BCUT2D eigenvalue weighted by Crippen LogP contribution is 1.95. The van der Waals surface area contributed by atoms with Crippen LogP contribution in [-0.2, 0) is 6.54 Å². The molecule has 1 rings (SSSR count). The van der Waals surface area contributed by atoms with E-state index in [0.29, 0.717) is 0 Å². The summed E-state index contributed by atoms with van der Waals surface area (Å²) < 4.78 is 1.53. The topological polar surface area (TPSA) is 34.9 Å². The van der Waals surface area contributed by atoms with Crippen LogP contribution in [0.5, 0.6) is 0 Å². The molecule has 0 aliphatic heterocycles. The zero-order valence-electron chi connectivity index (χ0n) is 6.62. The predicted octanol–water partition coefficient (Wildman–Crippen LogP) is 1.50. The molecule has 4 heteroatoms. The maximum absolute atomic E-state index is 10.9. The second-order valence-corrected chi connectivity index (χ2v) is 3.23. The predicted molar refractivity (Wildman–Crippen MR) is 45.9 cm³/mol. The van der Waals surface area contributed by atoms with Crippen molar-refractivity contribution in [3.63, 3.8) is 0 Å². The van der Waals surface area contributed by atoms with E-state index in [1.807, 2.05) is 0 Å². The van der Waals surface area contributed by atoms with E-state index in [9.17, 15) is 4.79 Å². The summed E-state index contributed by atoms with van der Waals surface area (Å²) in [5.41, 5.74) is 1.59. The number of rotatable bonds is 4. The average Bonchev–Trinajstić information content (AvgIpc) is 2.37. The van der Waals surface area contributed by atoms with Gasteiger partial charge in [0.25, 0.3) is 0 Å². The molecule has 11 heavy (non-hydrogen) atoms. The lowest BCUT2D eigenvalue weighted by Gasteiger charge is -1.96. The summed E-state index contributed by atoms with van der Waals surface area (Å²) in [6, 6.07) is 0. The summed E-state index contributed by atoms with van der Waals surface area (Å²) in [6.07, 6.45) is 3.41. The van der Waals surface area contributed by atoms with E-state index < -0.39 is 0 Å². The van der Waals surface area contributed by atoms with Crippen molar-refractivity contribution >= 4 is 11.3 Å². The van der Waals surface area contributed by atoms with Gasteiger partial charge in [-0.1, -0.05) is 31.1 Å². The molecule has 0 fully saturated rings. The molecule has 3 nitrogen and oxygen atoms in total. The Bertz CT molecular complexity index is 253. The lowest BCUT2D eigenvalue weighted by molar-refractivity contribution is 0.542. The molecule has 0 aliphatic rings. The van der Waals surface area contributed by atoms with Crippen molar-refractivity contribution in [1.82, 2.24) is 9.78 Å². The highest BCUT2D eigenvalue weighted by atomic mass is 32.1. The van der Waals surface area contributed by atoms with Crippen LogP contribution in [0.15, 0.2) is 10.3 Å². The molecule has 0 aliphatic carbocycles. The van der Waals surface area contributed by atoms with E-state index in [1.54, 1.807) is 5.51 Å². The largest absolute Gasteiger partial charge is 0.324 e. The summed E-state index contributed by atoms with van der Waals surface area (Å²) in [5.74, 6) is 0. The Hall–Kier alpha value is -0.640. The molecule has 1 aromatic heterocycles. The number of aromatic nitrogens is 2. The monoisotopic (exact) mass is 172 g/mol. The quantitative estimate of drug-likeness (QED) is 0.645. The molecule has 0 atom stereocenters. The molecular formula is C7H12N2OS. The molecule has 1 heterocycles. The molecular weight excluding hydrogens is 160 g/mol. The van der Waals surface area contributed by atoms with Crippen molar-refractivity contribution < 1.29 is 0 Å². The average molecular weight is 172 g/mol. The van der Waals surface area contributed by atoms with Crippen LogP contribution < -0.4 is 4.87 Å². The Morgan fingerprint density at radius 3 is 3.00 bits per heavy atom. The van der Waals surface area contributed by atoms with Crippen molar-refractivity contribution in [2.24, 2.45) is 0 Å². The Labute approximate surface area is 69.7 Å². The molecule has 62 valence electrons. The Kier molecular flexibility index (Phi) is 3.29. The van der Waals surface area contributed by atoms with Crippen molar-refractivity contribution in [1.29, 1.82) is 0 Å². The minimum Gasteiger partial charge on any atom is -0.255 e. The summed E-state index contributed by atoms with van der Waals surface area (Å²) in [4.78, 5) is 11.0. The molecule has 0 amide bonds. The molecule has 1 aromatic rings. The second kappa shape index (κ2) is 4.28. The Morgan fingerprint density at radius 2 is 2.45 bits per heavy atom. The van der Waals surface area contributed by atoms with E-state index in [-0.39, 0.29) is 4.87 Å². The third kappa shape index (κ3) is 2.46. The molecule has 0 spiro atoms. The van der Waals surface area contributed by atoms with E-state index in [4.69, 9.17) is 0 Å². The molecule has 0 radical (unpaired) electrons. The van der Waals surface area contributed by atoms with Crippen molar-refractivity contribution in [3.8, 4) is 0 Å². The third-order valence-electron chi connectivity index (χ3n) is 1.52. The van der Waals surface area contributed by atoms with Gasteiger partial charge >= 0.3 is 4.87 Å². The second-order valence-electron chi connectivity index (χ2n) is 2.43. The van der Waals surface area contributed by atoms with Gasteiger partial charge < -0.3 is 0 Å². The highest BCUT2D eigenvalue weighted by Gasteiger charge is 1.95. The maximum Gasteiger partial charge on any atom is 0.324 e. The molecule has 0 bridgehead atoms. The minimum absolute atomic E-state index is 0.0566. The van der Waals surface area contributed by atoms with Gasteiger partial charge in [0.15, 0.2) is 0 Å². The van der Waals surface area contributed by atoms with Gasteiger partial charge in [-0.25, -0.2) is 4.68 Å². The lowest BCUT2D eigenvalue weighted by atomic mass is 10.2. The van der Waals surface area contributed by atoms with Crippen LogP contribution >= 0.6 is 11.3 Å². The number of hydrogen-bond acceptors (Lipinski definition) is 3. The van der Waals surface area contributed by atoms with Crippen LogP contribution in [0.1, 0.15) is 26.2 Å². The third-order valence-corrected chi connectivity index (χ3v) is 2.14. The first-order valence-corrected chi connectivity index (χ1v) is 4.73. The van der Waals surface area contributed by atoms with Gasteiger partial charge in [0.05, 0.1) is 0 Å². The fraction of sp³-hybridized carbons (Fsp3) is 0.714. The Balaban J connectivity index is 2.39. The number of hydrogen-bond donors (Lipinski definition) is 0. The van der Waals surface area contributed by atoms with Crippen LogP contribution in [0.4, 0.5) is 0 Å². The number of aryl methyl sites for hydroxylation is 1. The number of unbranched alkanes of at least 4 members (excludes halogenated alkanes) is 2. The van der Waals surface area contributed by atoms with Gasteiger partial charge in [0.1, 0.15) is 5.51 Å². The van der Waals surface area contributed by atoms with Gasteiger partial charge in [-0.2, -0.15) is 5.10 Å². The van der Waals surface area contributed by atoms with Crippen LogP contribution in [-0.4, -0.2) is 9.78 Å². The first-order chi connectivity index (χ1) is 5.34. The van der Waals surface area contributed by atoms with Gasteiger partial charge in [0, 0.05) is 6.54 Å². The minimum atomic E-state index is 0.0566. The normalized spacial score (nSPS) is 10.3. The van der Waals surface area contributed by atoms with E-state index in [0.717, 1.165) is 24.3 Å². The standard InChI is InChI=1S/C7H12N2OS/c1-2-3-4-5-9-7(10)11-6-8-9/h6H,2-5H2,1H3. The van der Waals surface area contributed by atoms with Gasteiger partial charge in [-0.15, -0.1) is 0 Å². The molecule has 0 saturated heterocycles. The van der Waals surface area contributed by atoms with Crippen LogP contribution in [0.3, 0.4) is 0 Å². The van der Waals surface area contributed by atoms with Crippen LogP contribution in [0, 0.1) is 0 Å². The first-order valence-electron chi connectivity index (χ1n) is 3.85. The first kappa shape index (κ1) is 8.46. The van der Waals surface area contributed by atoms with Crippen molar-refractivity contribution in [3.05, 3.63) is 15.2 Å². The zero-order valence-corrected chi connectivity index (χ0v) is 7.43. The highest BCUT2D eigenvalue weighted by molar-refractivity contribution is 7.06. The van der Waals surface area contributed by atoms with E-state index >= 15 is 0 Å². The maximum atomic E-state index is 10.9. The van der Waals surface area contributed by atoms with E-state index in [2.05, 4.69) is 12.0 Å². The molecule has 0 unspecified atom stereocenters. The summed E-state index contributed by atoms with van der Waals surface area (Å²) in [5, 5.41) is 3.91. The van der Waals surface area contributed by atoms with Crippen LogP contribution in [0.25, 0.3) is 0 Å². The van der Waals surface area contributed by atoms with Gasteiger partial charge in [0.2, 0.25) is 0 Å². The molecule has 0 N–H and O–H groups in total. The SMILES string of the molecule is CCCCCn1ncsc1=O. The summed E-state index contributed by atoms with van der Waals surface area (Å²) >= 11 is 1.16. The van der Waals surface area contributed by atoms with Gasteiger partial charge in [-0.3, -0.25) is 4.79 Å².